The highest BCUT2D eigenvalue weighted by atomic mass is 35.5. The zero-order valence-corrected chi connectivity index (χ0v) is 20.2. The monoisotopic (exact) mass is 495 g/mol. The molecule has 0 spiro atoms. The second-order valence-electron chi connectivity index (χ2n) is 8.82. The van der Waals surface area contributed by atoms with E-state index in [1.165, 1.54) is 12.5 Å². The maximum absolute atomic E-state index is 13.6. The van der Waals surface area contributed by atoms with Gasteiger partial charge in [0.1, 0.15) is 5.84 Å². The van der Waals surface area contributed by atoms with Gasteiger partial charge in [0.15, 0.2) is 9.84 Å². The first-order chi connectivity index (χ1) is 16.4. The van der Waals surface area contributed by atoms with Crippen LogP contribution in [0.15, 0.2) is 76.7 Å². The summed E-state index contributed by atoms with van der Waals surface area (Å²) in [6, 6.07) is 12.0. The summed E-state index contributed by atoms with van der Waals surface area (Å²) in [5.74, 6) is 0.126. The Morgan fingerprint density at radius 3 is 2.65 bits per heavy atom. The summed E-state index contributed by atoms with van der Waals surface area (Å²) in [4.78, 5) is 20.2. The summed E-state index contributed by atoms with van der Waals surface area (Å²) in [5.41, 5.74) is 1.58. The standard InChI is InChI=1S/C26H26ClN3O3S/c27-20-8-6-7-18(15-20)17-28-26(31)19-11-12-24-22(16-19)29-25(30-13-4-1-5-14-30)21-9-2-3-10-23(21)34(24,32)33/h2-3,6-12,15-16,21,23H,1,4-5,13-14,17H2,(H,28,31). The molecule has 6 nitrogen and oxygen atoms in total. The van der Waals surface area contributed by atoms with Crippen molar-refractivity contribution in [3.8, 4) is 0 Å². The van der Waals surface area contributed by atoms with Gasteiger partial charge < -0.3 is 10.2 Å². The molecule has 34 heavy (non-hydrogen) atoms. The molecule has 176 valence electrons. The SMILES string of the molecule is O=C(NCc1cccc(Cl)c1)c1ccc2c(c1)N=C(N1CCCCC1)C1C=CC=CC1S2(=O)=O. The molecule has 0 saturated carbocycles. The van der Waals surface area contributed by atoms with Crippen LogP contribution < -0.4 is 5.32 Å². The van der Waals surface area contributed by atoms with Gasteiger partial charge in [-0.25, -0.2) is 13.4 Å². The maximum atomic E-state index is 13.6. The van der Waals surface area contributed by atoms with Crippen LogP contribution in [0, 0.1) is 5.92 Å². The van der Waals surface area contributed by atoms with Crippen molar-refractivity contribution in [2.75, 3.05) is 13.1 Å². The fraction of sp³-hybridized carbons (Fsp3) is 0.308. The number of piperidine rings is 1. The molecule has 8 heteroatoms. The molecule has 1 saturated heterocycles. The van der Waals surface area contributed by atoms with Gasteiger partial charge in [-0.05, 0) is 55.2 Å². The Hall–Kier alpha value is -2.90. The Morgan fingerprint density at radius 2 is 1.85 bits per heavy atom. The predicted molar refractivity (Wildman–Crippen MR) is 134 cm³/mol. The van der Waals surface area contributed by atoms with Crippen molar-refractivity contribution in [1.82, 2.24) is 10.2 Å². The van der Waals surface area contributed by atoms with Crippen molar-refractivity contribution in [2.24, 2.45) is 10.9 Å². The molecule has 0 bridgehead atoms. The fourth-order valence-corrected chi connectivity index (χ4v) is 6.84. The number of allylic oxidation sites excluding steroid dienone is 2. The number of rotatable bonds is 3. The summed E-state index contributed by atoms with van der Waals surface area (Å²) in [6.07, 6.45) is 10.6. The number of amides is 1. The van der Waals surface area contributed by atoms with Crippen molar-refractivity contribution >= 4 is 38.9 Å². The largest absolute Gasteiger partial charge is 0.360 e. The molecule has 3 aliphatic rings. The highest BCUT2D eigenvalue weighted by Crippen LogP contribution is 2.38. The van der Waals surface area contributed by atoms with Crippen LogP contribution in [0.3, 0.4) is 0 Å². The zero-order chi connectivity index (χ0) is 23.7. The summed E-state index contributed by atoms with van der Waals surface area (Å²) >= 11 is 6.03. The van der Waals surface area contributed by atoms with E-state index in [1.54, 1.807) is 36.4 Å². The maximum Gasteiger partial charge on any atom is 0.251 e. The lowest BCUT2D eigenvalue weighted by Crippen LogP contribution is -2.44. The molecule has 1 fully saturated rings. The molecule has 2 aromatic carbocycles. The first-order valence-electron chi connectivity index (χ1n) is 11.5. The topological polar surface area (TPSA) is 78.8 Å². The van der Waals surface area contributed by atoms with Gasteiger partial charge in [0.05, 0.1) is 21.8 Å². The number of nitrogens with one attached hydrogen (secondary N) is 1. The quantitative estimate of drug-likeness (QED) is 0.670. The van der Waals surface area contributed by atoms with E-state index < -0.39 is 15.1 Å². The van der Waals surface area contributed by atoms with E-state index in [1.807, 2.05) is 24.3 Å². The lowest BCUT2D eigenvalue weighted by molar-refractivity contribution is 0.0951. The average molecular weight is 496 g/mol. The highest BCUT2D eigenvalue weighted by Gasteiger charge is 2.41. The Kier molecular flexibility index (Phi) is 6.32. The van der Waals surface area contributed by atoms with E-state index in [0.29, 0.717) is 22.8 Å². The molecule has 5 rings (SSSR count). The number of halogens is 1. The van der Waals surface area contributed by atoms with Crippen LogP contribution in [0.1, 0.15) is 35.2 Å². The molecular formula is C26H26ClN3O3S. The van der Waals surface area contributed by atoms with E-state index in [9.17, 15) is 13.2 Å². The van der Waals surface area contributed by atoms with Gasteiger partial charge >= 0.3 is 0 Å². The molecule has 1 N–H and O–H groups in total. The molecule has 2 aliphatic heterocycles. The number of carbonyl (C=O) groups is 1. The van der Waals surface area contributed by atoms with E-state index >= 15 is 0 Å². The first-order valence-corrected chi connectivity index (χ1v) is 13.4. The fourth-order valence-electron chi connectivity index (χ4n) is 4.78. The second-order valence-corrected chi connectivity index (χ2v) is 11.3. The third kappa shape index (κ3) is 4.42. The summed E-state index contributed by atoms with van der Waals surface area (Å²) < 4.78 is 27.2. The minimum Gasteiger partial charge on any atom is -0.360 e. The van der Waals surface area contributed by atoms with E-state index in [4.69, 9.17) is 16.6 Å². The number of aliphatic imine (C=N–C) groups is 1. The number of amidine groups is 1. The molecule has 2 aromatic rings. The van der Waals surface area contributed by atoms with Crippen LogP contribution in [0.5, 0.6) is 0 Å². The van der Waals surface area contributed by atoms with Crippen LogP contribution in [0.2, 0.25) is 5.02 Å². The molecule has 1 aliphatic carbocycles. The van der Waals surface area contributed by atoms with Crippen molar-refractivity contribution < 1.29 is 13.2 Å². The number of carbonyl (C=O) groups excluding carboxylic acids is 1. The van der Waals surface area contributed by atoms with Crippen molar-refractivity contribution in [3.63, 3.8) is 0 Å². The summed E-state index contributed by atoms with van der Waals surface area (Å²) in [6.45, 7) is 2.03. The van der Waals surface area contributed by atoms with Crippen LogP contribution in [0.4, 0.5) is 5.69 Å². The number of sulfone groups is 1. The number of benzene rings is 2. The first kappa shape index (κ1) is 22.9. The average Bonchev–Trinajstić information content (AvgIpc) is 2.95. The van der Waals surface area contributed by atoms with Crippen LogP contribution in [-0.4, -0.2) is 43.4 Å². The van der Waals surface area contributed by atoms with Gasteiger partial charge in [-0.15, -0.1) is 0 Å². The van der Waals surface area contributed by atoms with Crippen LogP contribution >= 0.6 is 11.6 Å². The predicted octanol–water partition coefficient (Wildman–Crippen LogP) is 4.68. The molecule has 2 atom stereocenters. The van der Waals surface area contributed by atoms with E-state index in [0.717, 1.165) is 37.3 Å². The third-order valence-electron chi connectivity index (χ3n) is 6.53. The van der Waals surface area contributed by atoms with Gasteiger partial charge in [-0.2, -0.15) is 0 Å². The Balaban J connectivity index is 1.50. The second kappa shape index (κ2) is 9.39. The molecule has 2 unspecified atom stereocenters. The lowest BCUT2D eigenvalue weighted by atomic mass is 9.96. The minimum absolute atomic E-state index is 0.167. The van der Waals surface area contributed by atoms with Gasteiger partial charge in [0.2, 0.25) is 0 Å². The highest BCUT2D eigenvalue weighted by molar-refractivity contribution is 7.92. The lowest BCUT2D eigenvalue weighted by Gasteiger charge is -2.34. The zero-order valence-electron chi connectivity index (χ0n) is 18.7. The van der Waals surface area contributed by atoms with Crippen molar-refractivity contribution in [3.05, 3.63) is 82.9 Å². The van der Waals surface area contributed by atoms with Crippen LogP contribution in [-0.2, 0) is 16.4 Å². The Morgan fingerprint density at radius 1 is 1.06 bits per heavy atom. The Labute approximate surface area is 204 Å². The number of fused-ring (bicyclic) bond motifs is 2. The normalized spacial score (nSPS) is 22.9. The van der Waals surface area contributed by atoms with Crippen molar-refractivity contribution in [2.45, 2.75) is 36.0 Å². The molecule has 1 amide bonds. The number of hydrogen-bond acceptors (Lipinski definition) is 5. The molecular weight excluding hydrogens is 470 g/mol. The third-order valence-corrected chi connectivity index (χ3v) is 8.89. The van der Waals surface area contributed by atoms with Crippen molar-refractivity contribution in [1.29, 1.82) is 0 Å². The van der Waals surface area contributed by atoms with Crippen LogP contribution in [0.25, 0.3) is 0 Å². The Bertz CT molecular complexity index is 1310. The summed E-state index contributed by atoms with van der Waals surface area (Å²) in [5, 5.41) is 2.78. The minimum atomic E-state index is -3.68. The van der Waals surface area contributed by atoms with Gasteiger partial charge in [-0.1, -0.05) is 48.0 Å². The smallest absolute Gasteiger partial charge is 0.251 e. The van der Waals surface area contributed by atoms with E-state index in [2.05, 4.69) is 10.2 Å². The molecule has 0 aromatic heterocycles. The number of likely N-dealkylation sites (tertiary alicyclic amines) is 1. The summed E-state index contributed by atoms with van der Waals surface area (Å²) in [7, 11) is -3.68. The van der Waals surface area contributed by atoms with Gasteiger partial charge in [0, 0.05) is 30.2 Å². The van der Waals surface area contributed by atoms with Gasteiger partial charge in [-0.3, -0.25) is 4.79 Å². The molecule has 0 radical (unpaired) electrons. The molecule has 2 heterocycles. The van der Waals surface area contributed by atoms with Gasteiger partial charge in [0.25, 0.3) is 5.91 Å². The van der Waals surface area contributed by atoms with E-state index in [-0.39, 0.29) is 16.7 Å². The number of hydrogen-bond donors (Lipinski definition) is 1. The number of nitrogens with zero attached hydrogens (tertiary/aromatic N) is 2.